The van der Waals surface area contributed by atoms with Crippen LogP contribution in [0.25, 0.3) is 0 Å². The Morgan fingerprint density at radius 3 is 2.32 bits per heavy atom. The molecule has 0 bridgehead atoms. The highest BCUT2D eigenvalue weighted by atomic mass is 32.2. The third-order valence-electron chi connectivity index (χ3n) is 7.18. The number of carboxylic acid groups (broad SMARTS) is 1. The summed E-state index contributed by atoms with van der Waals surface area (Å²) in [6, 6.07) is 5.86. The van der Waals surface area contributed by atoms with Crippen LogP contribution < -0.4 is 4.74 Å². The Kier molecular flexibility index (Phi) is 7.84. The van der Waals surface area contributed by atoms with Crippen molar-refractivity contribution in [1.82, 2.24) is 4.31 Å². The van der Waals surface area contributed by atoms with Crippen LogP contribution in [0.1, 0.15) is 61.3 Å². The van der Waals surface area contributed by atoms with E-state index in [9.17, 15) is 34.8 Å². The standard InChI is InChI=1S/C25H28F3NO7S2/c1-29(22-10-4-9-21-20(22)8-5-11-23(21)36-15-24(30)31)38(34,35)19-13-16(25(26,27)28)12-18(14-19)37(32,33)17-6-2-3-7-17/h5,8,11-14,17,22H,2-4,6-7,9-10,15H2,1H3,(H,30,31)/t22-/m1/s1. The summed E-state index contributed by atoms with van der Waals surface area (Å²) in [5, 5.41) is 8.09. The van der Waals surface area contributed by atoms with Gasteiger partial charge in [0.25, 0.3) is 0 Å². The molecule has 1 N–H and O–H groups in total. The largest absolute Gasteiger partial charge is 0.482 e. The lowest BCUT2D eigenvalue weighted by Crippen LogP contribution is -2.34. The number of hydrogen-bond acceptors (Lipinski definition) is 6. The molecule has 2 aliphatic rings. The lowest BCUT2D eigenvalue weighted by Gasteiger charge is -2.33. The van der Waals surface area contributed by atoms with Gasteiger partial charge < -0.3 is 9.84 Å². The van der Waals surface area contributed by atoms with Crippen LogP contribution in [0.2, 0.25) is 0 Å². The molecule has 1 fully saturated rings. The molecule has 0 amide bonds. The molecule has 2 aliphatic carbocycles. The topological polar surface area (TPSA) is 118 Å². The first-order chi connectivity index (χ1) is 17.7. The molecule has 0 spiro atoms. The minimum Gasteiger partial charge on any atom is -0.482 e. The van der Waals surface area contributed by atoms with Gasteiger partial charge in [-0.25, -0.2) is 21.6 Å². The average molecular weight is 576 g/mol. The third kappa shape index (κ3) is 5.55. The van der Waals surface area contributed by atoms with Gasteiger partial charge in [0, 0.05) is 7.05 Å². The van der Waals surface area contributed by atoms with Gasteiger partial charge >= 0.3 is 12.1 Å². The lowest BCUT2D eigenvalue weighted by molar-refractivity contribution is -0.139. The van der Waals surface area contributed by atoms with Crippen molar-refractivity contribution in [3.05, 3.63) is 53.1 Å². The second kappa shape index (κ2) is 10.5. The van der Waals surface area contributed by atoms with Crippen molar-refractivity contribution in [2.75, 3.05) is 13.7 Å². The fourth-order valence-electron chi connectivity index (χ4n) is 5.22. The average Bonchev–Trinajstić information content (AvgIpc) is 3.42. The molecule has 38 heavy (non-hydrogen) atoms. The summed E-state index contributed by atoms with van der Waals surface area (Å²) in [5.41, 5.74) is -0.173. The van der Waals surface area contributed by atoms with Crippen molar-refractivity contribution in [3.63, 3.8) is 0 Å². The highest BCUT2D eigenvalue weighted by molar-refractivity contribution is 7.92. The fourth-order valence-corrected chi connectivity index (χ4v) is 8.65. The SMILES string of the molecule is CN([C@@H]1CCCc2c(OCC(=O)O)cccc21)S(=O)(=O)c1cc(C(F)(F)F)cc(S(=O)(=O)C2CCCC2)c1. The highest BCUT2D eigenvalue weighted by Crippen LogP contribution is 2.41. The maximum Gasteiger partial charge on any atom is 0.416 e. The maximum absolute atomic E-state index is 13.8. The number of fused-ring (bicyclic) bond motifs is 1. The van der Waals surface area contributed by atoms with Gasteiger partial charge in [0.15, 0.2) is 16.4 Å². The first kappa shape index (κ1) is 28.4. The number of aliphatic carboxylic acids is 1. The van der Waals surface area contributed by atoms with E-state index in [4.69, 9.17) is 9.84 Å². The molecule has 0 aliphatic heterocycles. The second-order valence-corrected chi connectivity index (χ2v) is 13.8. The number of rotatable bonds is 8. The van der Waals surface area contributed by atoms with Crippen LogP contribution >= 0.6 is 0 Å². The number of sulfone groups is 1. The number of carbonyl (C=O) groups is 1. The van der Waals surface area contributed by atoms with Crippen LogP contribution in [-0.2, 0) is 37.3 Å². The summed E-state index contributed by atoms with van der Waals surface area (Å²) in [6.07, 6.45) is -1.68. The molecule has 13 heteroatoms. The number of nitrogens with zero attached hydrogens (tertiary/aromatic N) is 1. The van der Waals surface area contributed by atoms with E-state index in [1.165, 1.54) is 7.05 Å². The normalized spacial score (nSPS) is 18.9. The predicted octanol–water partition coefficient (Wildman–Crippen LogP) is 4.58. The monoisotopic (exact) mass is 575 g/mol. The second-order valence-electron chi connectivity index (χ2n) is 9.58. The first-order valence-electron chi connectivity index (χ1n) is 12.1. The first-order valence-corrected chi connectivity index (χ1v) is 15.1. The van der Waals surface area contributed by atoms with Crippen molar-refractivity contribution >= 4 is 25.8 Å². The molecular weight excluding hydrogens is 547 g/mol. The van der Waals surface area contributed by atoms with E-state index in [2.05, 4.69) is 0 Å². The number of halogens is 3. The zero-order chi connectivity index (χ0) is 27.9. The third-order valence-corrected chi connectivity index (χ3v) is 11.3. The van der Waals surface area contributed by atoms with Gasteiger partial charge in [-0.2, -0.15) is 17.5 Å². The predicted molar refractivity (Wildman–Crippen MR) is 131 cm³/mol. The van der Waals surface area contributed by atoms with E-state index < -0.39 is 65.3 Å². The van der Waals surface area contributed by atoms with E-state index in [0.29, 0.717) is 74.0 Å². The van der Waals surface area contributed by atoms with E-state index >= 15 is 0 Å². The Labute approximate surface area is 219 Å². The van der Waals surface area contributed by atoms with Crippen LogP contribution in [0.15, 0.2) is 46.2 Å². The van der Waals surface area contributed by atoms with Crippen molar-refractivity contribution < 1.29 is 44.6 Å². The Balaban J connectivity index is 1.76. The zero-order valence-corrected chi connectivity index (χ0v) is 22.2. The molecule has 8 nitrogen and oxygen atoms in total. The number of alkyl halides is 3. The number of sulfonamides is 1. The summed E-state index contributed by atoms with van der Waals surface area (Å²) in [5.74, 6) is -0.882. The van der Waals surface area contributed by atoms with Gasteiger partial charge in [0.2, 0.25) is 10.0 Å². The molecule has 0 heterocycles. The Morgan fingerprint density at radius 2 is 1.68 bits per heavy atom. The van der Waals surface area contributed by atoms with Crippen LogP contribution in [0.3, 0.4) is 0 Å². The van der Waals surface area contributed by atoms with Crippen molar-refractivity contribution in [2.24, 2.45) is 0 Å². The Morgan fingerprint density at radius 1 is 1.03 bits per heavy atom. The minimum atomic E-state index is -4.96. The Bertz CT molecular complexity index is 1430. The number of hydrogen-bond donors (Lipinski definition) is 1. The summed E-state index contributed by atoms with van der Waals surface area (Å²) in [7, 11) is -7.50. The van der Waals surface area contributed by atoms with Crippen molar-refractivity contribution in [2.45, 2.75) is 72.2 Å². The summed E-state index contributed by atoms with van der Waals surface area (Å²) in [4.78, 5) is 9.54. The van der Waals surface area contributed by atoms with Gasteiger partial charge in [-0.15, -0.1) is 0 Å². The molecule has 2 aromatic rings. The lowest BCUT2D eigenvalue weighted by atomic mass is 9.87. The van der Waals surface area contributed by atoms with Gasteiger partial charge in [0.05, 0.1) is 26.6 Å². The fraction of sp³-hybridized carbons (Fsp3) is 0.480. The smallest absolute Gasteiger partial charge is 0.416 e. The quantitative estimate of drug-likeness (QED) is 0.490. The van der Waals surface area contributed by atoms with Crippen molar-refractivity contribution in [1.29, 1.82) is 0 Å². The molecule has 1 saturated carbocycles. The van der Waals surface area contributed by atoms with Gasteiger partial charge in [-0.1, -0.05) is 25.0 Å². The van der Waals surface area contributed by atoms with E-state index in [1.54, 1.807) is 18.2 Å². The summed E-state index contributed by atoms with van der Waals surface area (Å²) in [6.45, 7) is -0.586. The number of benzene rings is 2. The van der Waals surface area contributed by atoms with Crippen LogP contribution in [-0.4, -0.2) is 51.1 Å². The molecule has 0 unspecified atom stereocenters. The van der Waals surface area contributed by atoms with E-state index in [0.717, 1.165) is 10.4 Å². The van der Waals surface area contributed by atoms with E-state index in [1.807, 2.05) is 0 Å². The molecule has 0 radical (unpaired) electrons. The summed E-state index contributed by atoms with van der Waals surface area (Å²) < 4.78 is 101. The molecule has 0 aromatic heterocycles. The molecule has 4 rings (SSSR count). The molecule has 208 valence electrons. The highest BCUT2D eigenvalue weighted by Gasteiger charge is 2.39. The van der Waals surface area contributed by atoms with Gasteiger partial charge in [0.1, 0.15) is 5.75 Å². The Hall–Kier alpha value is -2.64. The zero-order valence-electron chi connectivity index (χ0n) is 20.6. The molecule has 0 saturated heterocycles. The van der Waals surface area contributed by atoms with Crippen LogP contribution in [0.5, 0.6) is 5.75 Å². The van der Waals surface area contributed by atoms with Gasteiger partial charge in [-0.3, -0.25) is 0 Å². The van der Waals surface area contributed by atoms with E-state index in [-0.39, 0.29) is 0 Å². The van der Waals surface area contributed by atoms with Crippen LogP contribution in [0, 0.1) is 0 Å². The number of carboxylic acids is 1. The minimum absolute atomic E-state index is 0.296. The number of ether oxygens (including phenoxy) is 1. The molecule has 1 atom stereocenters. The summed E-state index contributed by atoms with van der Waals surface area (Å²) >= 11 is 0. The van der Waals surface area contributed by atoms with Crippen LogP contribution in [0.4, 0.5) is 13.2 Å². The molecule has 2 aromatic carbocycles. The maximum atomic E-state index is 13.8. The van der Waals surface area contributed by atoms with Gasteiger partial charge in [-0.05, 0) is 67.5 Å². The van der Waals surface area contributed by atoms with Crippen molar-refractivity contribution in [3.8, 4) is 5.75 Å². The molecular formula is C25H28F3NO7S2.